The van der Waals surface area contributed by atoms with Gasteiger partial charge in [0.2, 0.25) is 11.6 Å². The van der Waals surface area contributed by atoms with Gasteiger partial charge in [-0.3, -0.25) is 13.9 Å². The van der Waals surface area contributed by atoms with Crippen LogP contribution in [0.25, 0.3) is 11.4 Å². The van der Waals surface area contributed by atoms with Crippen LogP contribution in [0.15, 0.2) is 93.9 Å². The third kappa shape index (κ3) is 4.08. The molecule has 1 N–H and O–H groups in total. The quantitative estimate of drug-likeness (QED) is 0.315. The van der Waals surface area contributed by atoms with Crippen LogP contribution >= 0.6 is 12.2 Å². The zero-order valence-corrected chi connectivity index (χ0v) is 17.9. The van der Waals surface area contributed by atoms with Crippen LogP contribution in [0.2, 0.25) is 0 Å². The topological polar surface area (TPSA) is 71.9 Å². The molecule has 0 saturated carbocycles. The van der Waals surface area contributed by atoms with E-state index in [-0.39, 0.29) is 16.3 Å². The minimum atomic E-state index is -0.547. The molecule has 0 radical (unpaired) electrons. The summed E-state index contributed by atoms with van der Waals surface area (Å²) in [5.41, 5.74) is 3.13. The van der Waals surface area contributed by atoms with E-state index >= 15 is 0 Å². The molecule has 0 fully saturated rings. The lowest BCUT2D eigenvalue weighted by Gasteiger charge is -2.16. The Morgan fingerprint density at radius 2 is 1.26 bits per heavy atom. The van der Waals surface area contributed by atoms with Crippen molar-refractivity contribution in [1.29, 1.82) is 0 Å². The highest BCUT2D eigenvalue weighted by Gasteiger charge is 2.19. The first-order chi connectivity index (χ1) is 15.0. The molecule has 0 saturated heterocycles. The molecule has 0 aliphatic rings. The summed E-state index contributed by atoms with van der Waals surface area (Å²) in [6.07, 6.45) is 0. The second kappa shape index (κ2) is 8.49. The van der Waals surface area contributed by atoms with Crippen molar-refractivity contribution in [3.05, 3.63) is 105 Å². The van der Waals surface area contributed by atoms with Crippen LogP contribution < -0.4 is 5.56 Å². The molecule has 0 aliphatic heterocycles. The molecule has 0 unspecified atom stereocenters. The van der Waals surface area contributed by atoms with Gasteiger partial charge in [-0.25, -0.2) is 0 Å². The first-order valence-corrected chi connectivity index (χ1v) is 10.1. The number of aryl methyl sites for hydroxylation is 2. The third-order valence-corrected chi connectivity index (χ3v) is 5.18. The predicted octanol–water partition coefficient (Wildman–Crippen LogP) is 6.10. The summed E-state index contributed by atoms with van der Waals surface area (Å²) < 4.78 is 2.91. The molecule has 0 atom stereocenters. The molecular weight excluding hydrogens is 408 g/mol. The van der Waals surface area contributed by atoms with Gasteiger partial charge in [0, 0.05) is 0 Å². The number of benzene rings is 3. The molecule has 0 bridgehead atoms. The molecule has 31 heavy (non-hydrogen) atoms. The van der Waals surface area contributed by atoms with E-state index in [9.17, 15) is 9.90 Å². The molecular formula is C24H20N4O2S. The van der Waals surface area contributed by atoms with Crippen LogP contribution in [0.3, 0.4) is 0 Å². The second-order valence-corrected chi connectivity index (χ2v) is 7.50. The lowest BCUT2D eigenvalue weighted by molar-refractivity contribution is 0.432. The Morgan fingerprint density at radius 3 is 1.81 bits per heavy atom. The van der Waals surface area contributed by atoms with Crippen molar-refractivity contribution >= 4 is 23.6 Å². The fourth-order valence-corrected chi connectivity index (χ4v) is 3.50. The van der Waals surface area contributed by atoms with E-state index < -0.39 is 5.56 Å². The van der Waals surface area contributed by atoms with Gasteiger partial charge in [-0.1, -0.05) is 53.6 Å². The Kier molecular flexibility index (Phi) is 5.60. The summed E-state index contributed by atoms with van der Waals surface area (Å²) in [5, 5.41) is 19.2. The molecule has 3 aromatic carbocycles. The van der Waals surface area contributed by atoms with Crippen molar-refractivity contribution in [3.8, 4) is 17.3 Å². The van der Waals surface area contributed by atoms with E-state index in [1.165, 1.54) is 9.13 Å². The maximum absolute atomic E-state index is 13.3. The van der Waals surface area contributed by atoms with E-state index in [1.807, 2.05) is 68.4 Å². The zero-order chi connectivity index (χ0) is 22.0. The van der Waals surface area contributed by atoms with Gasteiger partial charge in [-0.15, -0.1) is 5.11 Å². The van der Waals surface area contributed by atoms with Gasteiger partial charge >= 0.3 is 0 Å². The number of hydrogen-bond acceptors (Lipinski definition) is 5. The first kappa shape index (κ1) is 20.4. The predicted molar refractivity (Wildman–Crippen MR) is 124 cm³/mol. The van der Waals surface area contributed by atoms with Crippen LogP contribution in [-0.2, 0) is 0 Å². The van der Waals surface area contributed by atoms with Gasteiger partial charge < -0.3 is 5.11 Å². The monoisotopic (exact) mass is 428 g/mol. The fourth-order valence-electron chi connectivity index (χ4n) is 3.12. The molecule has 7 heteroatoms. The average Bonchev–Trinajstić information content (AvgIpc) is 2.77. The lowest BCUT2D eigenvalue weighted by atomic mass is 10.2. The molecule has 154 valence electrons. The highest BCUT2D eigenvalue weighted by Crippen LogP contribution is 2.29. The largest absolute Gasteiger partial charge is 0.492 e. The number of azo groups is 1. The third-order valence-electron chi connectivity index (χ3n) is 4.82. The van der Waals surface area contributed by atoms with Gasteiger partial charge in [0.15, 0.2) is 4.77 Å². The highest BCUT2D eigenvalue weighted by molar-refractivity contribution is 7.71. The van der Waals surface area contributed by atoms with Gasteiger partial charge in [0.05, 0.1) is 17.1 Å². The summed E-state index contributed by atoms with van der Waals surface area (Å²) >= 11 is 5.63. The van der Waals surface area contributed by atoms with E-state index in [4.69, 9.17) is 12.2 Å². The van der Waals surface area contributed by atoms with E-state index in [1.54, 1.807) is 24.3 Å². The van der Waals surface area contributed by atoms with Crippen molar-refractivity contribution in [1.82, 2.24) is 9.13 Å². The second-order valence-electron chi connectivity index (χ2n) is 7.14. The number of aromatic hydroxyl groups is 1. The van der Waals surface area contributed by atoms with Crippen molar-refractivity contribution in [3.63, 3.8) is 0 Å². The summed E-state index contributed by atoms with van der Waals surface area (Å²) in [6, 6.07) is 23.9. The summed E-state index contributed by atoms with van der Waals surface area (Å²) in [6.45, 7) is 3.93. The Bertz CT molecular complexity index is 1370. The Balaban J connectivity index is 2.01. The lowest BCUT2D eigenvalue weighted by Crippen LogP contribution is -2.23. The molecule has 4 aromatic rings. The van der Waals surface area contributed by atoms with Crippen LogP contribution in [-0.4, -0.2) is 14.2 Å². The summed E-state index contributed by atoms with van der Waals surface area (Å²) in [4.78, 5) is 13.3. The molecule has 1 aromatic heterocycles. The van der Waals surface area contributed by atoms with Crippen LogP contribution in [0.4, 0.5) is 11.4 Å². The van der Waals surface area contributed by atoms with E-state index in [2.05, 4.69) is 10.2 Å². The Labute approximate surface area is 184 Å². The van der Waals surface area contributed by atoms with Crippen molar-refractivity contribution in [2.75, 3.05) is 0 Å². The maximum atomic E-state index is 13.3. The average molecular weight is 429 g/mol. The van der Waals surface area contributed by atoms with Gasteiger partial charge in [0.25, 0.3) is 5.56 Å². The number of aromatic nitrogens is 2. The summed E-state index contributed by atoms with van der Waals surface area (Å²) in [5.74, 6) is -0.359. The molecule has 4 rings (SSSR count). The first-order valence-electron chi connectivity index (χ1n) is 9.67. The molecule has 1 heterocycles. The smallest absolute Gasteiger partial charge is 0.290 e. The Morgan fingerprint density at radius 1 is 0.742 bits per heavy atom. The SMILES string of the molecule is Cc1ccc(-n2c(O)c(N=Nc3ccccc3)c(=O)n(-c3ccc(C)cc3)c2=S)cc1. The van der Waals surface area contributed by atoms with Crippen LogP contribution in [0.5, 0.6) is 5.88 Å². The Hall–Kier alpha value is -3.84. The highest BCUT2D eigenvalue weighted by atomic mass is 32.1. The molecule has 6 nitrogen and oxygen atoms in total. The number of nitrogens with zero attached hydrogens (tertiary/aromatic N) is 4. The van der Waals surface area contributed by atoms with Crippen molar-refractivity contribution in [2.24, 2.45) is 10.2 Å². The minimum absolute atomic E-state index is 0.133. The molecule has 0 amide bonds. The van der Waals surface area contributed by atoms with Gasteiger partial charge in [-0.2, -0.15) is 5.11 Å². The van der Waals surface area contributed by atoms with E-state index in [0.29, 0.717) is 17.1 Å². The normalized spacial score (nSPS) is 11.2. The maximum Gasteiger partial charge on any atom is 0.290 e. The number of rotatable bonds is 4. The van der Waals surface area contributed by atoms with Gasteiger partial charge in [0.1, 0.15) is 0 Å². The van der Waals surface area contributed by atoms with Crippen LogP contribution in [0.1, 0.15) is 11.1 Å². The van der Waals surface area contributed by atoms with E-state index in [0.717, 1.165) is 11.1 Å². The standard InChI is InChI=1S/C24H20N4O2S/c1-16-8-12-19(13-9-16)27-22(29)21(26-25-18-6-4-3-5-7-18)23(30)28(24(27)31)20-14-10-17(2)11-15-20/h3-15,29H,1-2H3. The minimum Gasteiger partial charge on any atom is -0.492 e. The van der Waals surface area contributed by atoms with Crippen molar-refractivity contribution < 1.29 is 5.11 Å². The zero-order valence-electron chi connectivity index (χ0n) is 17.1. The molecule has 0 spiro atoms. The number of hydrogen-bond donors (Lipinski definition) is 1. The molecule has 0 aliphatic carbocycles. The fraction of sp³-hybridized carbons (Fsp3) is 0.0833. The van der Waals surface area contributed by atoms with Crippen LogP contribution in [0, 0.1) is 18.6 Å². The summed E-state index contributed by atoms with van der Waals surface area (Å²) in [7, 11) is 0. The van der Waals surface area contributed by atoms with Gasteiger partial charge in [-0.05, 0) is 62.5 Å². The van der Waals surface area contributed by atoms with Crippen molar-refractivity contribution in [2.45, 2.75) is 13.8 Å².